The molecule has 0 bridgehead atoms. The van der Waals surface area contributed by atoms with Gasteiger partial charge in [-0.25, -0.2) is 0 Å². The Balaban J connectivity index is 2.81. The van der Waals surface area contributed by atoms with Gasteiger partial charge < -0.3 is 15.8 Å². The Morgan fingerprint density at radius 1 is 1.47 bits per heavy atom. The minimum Gasteiger partial charge on any atom is -0.496 e. The molecule has 0 spiro atoms. The summed E-state index contributed by atoms with van der Waals surface area (Å²) in [5, 5.41) is 13.4. The standard InChI is InChI=1S/C12H17N3O4/c1-19-11-5-4-9(15(17)18)8-10(11)12(16)14-7-3-2-6-13/h4-5,8H,2-3,6-7,13H2,1H3,(H,14,16). The van der Waals surface area contributed by atoms with Crippen LogP contribution in [0, 0.1) is 10.1 Å². The summed E-state index contributed by atoms with van der Waals surface area (Å²) >= 11 is 0. The zero-order valence-electron chi connectivity index (χ0n) is 10.7. The van der Waals surface area contributed by atoms with Crippen LogP contribution in [-0.2, 0) is 0 Å². The molecular formula is C12H17N3O4. The molecular weight excluding hydrogens is 250 g/mol. The van der Waals surface area contributed by atoms with Crippen molar-refractivity contribution in [3.63, 3.8) is 0 Å². The van der Waals surface area contributed by atoms with Crippen LogP contribution >= 0.6 is 0 Å². The first kappa shape index (κ1) is 14.9. The number of carbonyl (C=O) groups is 1. The summed E-state index contributed by atoms with van der Waals surface area (Å²) in [6, 6.07) is 3.91. The molecule has 0 heterocycles. The Labute approximate surface area is 110 Å². The van der Waals surface area contributed by atoms with Gasteiger partial charge in [0.25, 0.3) is 11.6 Å². The summed E-state index contributed by atoms with van der Waals surface area (Å²) in [7, 11) is 1.41. The van der Waals surface area contributed by atoms with E-state index in [0.717, 1.165) is 12.8 Å². The van der Waals surface area contributed by atoms with Crippen molar-refractivity contribution in [1.82, 2.24) is 5.32 Å². The van der Waals surface area contributed by atoms with Gasteiger partial charge in [0.1, 0.15) is 5.75 Å². The second kappa shape index (κ2) is 7.32. The number of nitrogens with two attached hydrogens (primary N) is 1. The lowest BCUT2D eigenvalue weighted by Gasteiger charge is -2.09. The van der Waals surface area contributed by atoms with E-state index in [2.05, 4.69) is 5.32 Å². The molecule has 1 amide bonds. The number of amides is 1. The topological polar surface area (TPSA) is 107 Å². The predicted octanol–water partition coefficient (Wildman–Crippen LogP) is 1.07. The normalized spacial score (nSPS) is 10.0. The minimum absolute atomic E-state index is 0.145. The van der Waals surface area contributed by atoms with Crippen LogP contribution in [0.3, 0.4) is 0 Å². The van der Waals surface area contributed by atoms with Gasteiger partial charge in [-0.1, -0.05) is 0 Å². The number of rotatable bonds is 7. The number of ether oxygens (including phenoxy) is 1. The highest BCUT2D eigenvalue weighted by Crippen LogP contribution is 2.23. The van der Waals surface area contributed by atoms with Crippen molar-refractivity contribution in [2.24, 2.45) is 5.73 Å². The monoisotopic (exact) mass is 267 g/mol. The molecule has 1 aromatic rings. The summed E-state index contributed by atoms with van der Waals surface area (Å²) in [5.41, 5.74) is 5.36. The summed E-state index contributed by atoms with van der Waals surface area (Å²) in [4.78, 5) is 22.1. The van der Waals surface area contributed by atoms with E-state index in [-0.39, 0.29) is 11.3 Å². The fourth-order valence-electron chi connectivity index (χ4n) is 1.55. The van der Waals surface area contributed by atoms with E-state index in [0.29, 0.717) is 18.8 Å². The molecule has 0 saturated carbocycles. The van der Waals surface area contributed by atoms with Crippen molar-refractivity contribution in [2.75, 3.05) is 20.2 Å². The molecule has 104 valence electrons. The third kappa shape index (κ3) is 4.22. The number of non-ortho nitro benzene ring substituents is 1. The van der Waals surface area contributed by atoms with Crippen molar-refractivity contribution in [3.05, 3.63) is 33.9 Å². The summed E-state index contributed by atoms with van der Waals surface area (Å²) in [5.74, 6) is -0.0838. The van der Waals surface area contributed by atoms with E-state index in [1.807, 2.05) is 0 Å². The molecule has 0 aliphatic rings. The van der Waals surface area contributed by atoms with Crippen molar-refractivity contribution in [2.45, 2.75) is 12.8 Å². The minimum atomic E-state index is -0.551. The number of benzene rings is 1. The van der Waals surface area contributed by atoms with Crippen LogP contribution in [0.15, 0.2) is 18.2 Å². The first-order valence-corrected chi connectivity index (χ1v) is 5.91. The highest BCUT2D eigenvalue weighted by atomic mass is 16.6. The van der Waals surface area contributed by atoms with Crippen LogP contribution in [0.1, 0.15) is 23.2 Å². The number of methoxy groups -OCH3 is 1. The van der Waals surface area contributed by atoms with Crippen LogP contribution in [0.5, 0.6) is 5.75 Å². The van der Waals surface area contributed by atoms with Crippen LogP contribution in [0.2, 0.25) is 0 Å². The van der Waals surface area contributed by atoms with Gasteiger partial charge in [0, 0.05) is 18.7 Å². The predicted molar refractivity (Wildman–Crippen MR) is 70.3 cm³/mol. The third-order valence-corrected chi connectivity index (χ3v) is 2.55. The second-order valence-corrected chi connectivity index (χ2v) is 3.89. The SMILES string of the molecule is COc1ccc([N+](=O)[O-])cc1C(=O)NCCCCN. The molecule has 7 heteroatoms. The maximum atomic E-state index is 11.9. The zero-order chi connectivity index (χ0) is 14.3. The lowest BCUT2D eigenvalue weighted by molar-refractivity contribution is -0.384. The van der Waals surface area contributed by atoms with Gasteiger partial charge in [0.05, 0.1) is 17.6 Å². The first-order chi connectivity index (χ1) is 9.10. The Morgan fingerprint density at radius 3 is 2.79 bits per heavy atom. The van der Waals surface area contributed by atoms with Gasteiger partial charge >= 0.3 is 0 Å². The van der Waals surface area contributed by atoms with Crippen molar-refractivity contribution >= 4 is 11.6 Å². The maximum Gasteiger partial charge on any atom is 0.270 e. The van der Waals surface area contributed by atoms with Gasteiger partial charge in [0.15, 0.2) is 0 Å². The van der Waals surface area contributed by atoms with Gasteiger partial charge in [0.2, 0.25) is 0 Å². The molecule has 0 unspecified atom stereocenters. The van der Waals surface area contributed by atoms with Gasteiger partial charge in [-0.3, -0.25) is 14.9 Å². The van der Waals surface area contributed by atoms with E-state index in [1.54, 1.807) is 0 Å². The highest BCUT2D eigenvalue weighted by molar-refractivity contribution is 5.97. The summed E-state index contributed by atoms with van der Waals surface area (Å²) < 4.78 is 5.03. The van der Waals surface area contributed by atoms with E-state index in [4.69, 9.17) is 10.5 Å². The van der Waals surface area contributed by atoms with E-state index in [9.17, 15) is 14.9 Å². The molecule has 7 nitrogen and oxygen atoms in total. The fraction of sp³-hybridized carbons (Fsp3) is 0.417. The van der Waals surface area contributed by atoms with E-state index >= 15 is 0 Å². The first-order valence-electron chi connectivity index (χ1n) is 5.91. The van der Waals surface area contributed by atoms with Gasteiger partial charge in [-0.05, 0) is 25.5 Å². The second-order valence-electron chi connectivity index (χ2n) is 3.89. The molecule has 3 N–H and O–H groups in total. The van der Waals surface area contributed by atoms with Crippen molar-refractivity contribution in [1.29, 1.82) is 0 Å². The van der Waals surface area contributed by atoms with Gasteiger partial charge in [-0.2, -0.15) is 0 Å². The average Bonchev–Trinajstić information content (AvgIpc) is 2.42. The summed E-state index contributed by atoms with van der Waals surface area (Å²) in [6.45, 7) is 1.04. The molecule has 0 atom stereocenters. The largest absolute Gasteiger partial charge is 0.496 e. The number of nitrogens with zero attached hydrogens (tertiary/aromatic N) is 1. The van der Waals surface area contributed by atoms with Crippen LogP contribution in [0.4, 0.5) is 5.69 Å². The molecule has 1 rings (SSSR count). The number of nitro groups is 1. The Hall–Kier alpha value is -2.15. The number of unbranched alkanes of at least 4 members (excludes halogenated alkanes) is 1. The molecule has 1 aromatic carbocycles. The maximum absolute atomic E-state index is 11.9. The third-order valence-electron chi connectivity index (χ3n) is 2.55. The molecule has 0 fully saturated rings. The van der Waals surface area contributed by atoms with Crippen molar-refractivity contribution in [3.8, 4) is 5.75 Å². The Kier molecular flexibility index (Phi) is 5.74. The molecule has 0 radical (unpaired) electrons. The molecule has 0 aromatic heterocycles. The molecule has 0 saturated heterocycles. The lowest BCUT2D eigenvalue weighted by atomic mass is 10.1. The Bertz CT molecular complexity index is 462. The molecule has 19 heavy (non-hydrogen) atoms. The number of hydrogen-bond donors (Lipinski definition) is 2. The lowest BCUT2D eigenvalue weighted by Crippen LogP contribution is -2.25. The van der Waals surface area contributed by atoms with Crippen LogP contribution in [0.25, 0.3) is 0 Å². The number of nitro benzene ring substituents is 1. The van der Waals surface area contributed by atoms with E-state index in [1.165, 1.54) is 25.3 Å². The highest BCUT2D eigenvalue weighted by Gasteiger charge is 2.16. The molecule has 0 aliphatic carbocycles. The number of hydrogen-bond acceptors (Lipinski definition) is 5. The quantitative estimate of drug-likeness (QED) is 0.436. The summed E-state index contributed by atoms with van der Waals surface area (Å²) in [6.07, 6.45) is 1.58. The zero-order valence-corrected chi connectivity index (χ0v) is 10.7. The number of carbonyl (C=O) groups excluding carboxylic acids is 1. The Morgan fingerprint density at radius 2 is 2.21 bits per heavy atom. The average molecular weight is 267 g/mol. The fourth-order valence-corrected chi connectivity index (χ4v) is 1.55. The van der Waals surface area contributed by atoms with Crippen LogP contribution in [-0.4, -0.2) is 31.0 Å². The van der Waals surface area contributed by atoms with Gasteiger partial charge in [-0.15, -0.1) is 0 Å². The molecule has 0 aliphatic heterocycles. The van der Waals surface area contributed by atoms with Crippen LogP contribution < -0.4 is 15.8 Å². The smallest absolute Gasteiger partial charge is 0.270 e. The van der Waals surface area contributed by atoms with Crippen molar-refractivity contribution < 1.29 is 14.5 Å². The van der Waals surface area contributed by atoms with E-state index < -0.39 is 10.8 Å². The number of nitrogens with one attached hydrogen (secondary N) is 1.